The van der Waals surface area contributed by atoms with Crippen LogP contribution in [0.2, 0.25) is 0 Å². The third kappa shape index (κ3) is 2.05. The van der Waals surface area contributed by atoms with Crippen LogP contribution in [0, 0.1) is 0 Å². The summed E-state index contributed by atoms with van der Waals surface area (Å²) in [5.41, 5.74) is -0.652. The van der Waals surface area contributed by atoms with Gasteiger partial charge < -0.3 is 4.74 Å². The number of alkyl halides is 3. The molecule has 2 rings (SSSR count). The largest absolute Gasteiger partial charge is 0.483 e. The van der Waals surface area contributed by atoms with Crippen LogP contribution in [0.25, 0.3) is 6.08 Å². The smallest absolute Gasteiger partial charge is 0.416 e. The molecule has 4 heteroatoms. The Morgan fingerprint density at radius 3 is 2.50 bits per heavy atom. The molecule has 0 saturated carbocycles. The zero-order chi connectivity index (χ0) is 12.0. The van der Waals surface area contributed by atoms with E-state index in [4.69, 9.17) is 4.74 Å². The predicted octanol–water partition coefficient (Wildman–Crippen LogP) is 3.89. The van der Waals surface area contributed by atoms with Crippen LogP contribution in [0.15, 0.2) is 24.3 Å². The molecule has 1 aliphatic heterocycles. The van der Waals surface area contributed by atoms with Crippen molar-refractivity contribution in [3.63, 3.8) is 0 Å². The van der Waals surface area contributed by atoms with Gasteiger partial charge in [-0.25, -0.2) is 0 Å². The maximum absolute atomic E-state index is 12.4. The van der Waals surface area contributed by atoms with Crippen molar-refractivity contribution in [2.75, 3.05) is 0 Å². The molecule has 1 aromatic carbocycles. The van der Waals surface area contributed by atoms with Gasteiger partial charge in [-0.15, -0.1) is 0 Å². The summed E-state index contributed by atoms with van der Waals surface area (Å²) >= 11 is 0. The fraction of sp³-hybridized carbons (Fsp3) is 0.333. The second-order valence-electron chi connectivity index (χ2n) is 4.29. The third-order valence-corrected chi connectivity index (χ3v) is 2.37. The number of hydrogen-bond donors (Lipinski definition) is 0. The van der Waals surface area contributed by atoms with Gasteiger partial charge in [-0.3, -0.25) is 0 Å². The van der Waals surface area contributed by atoms with Crippen molar-refractivity contribution < 1.29 is 17.9 Å². The molecule has 0 radical (unpaired) electrons. The molecule has 16 heavy (non-hydrogen) atoms. The van der Waals surface area contributed by atoms with E-state index in [1.165, 1.54) is 6.07 Å². The molecular formula is C12H11F3O. The van der Waals surface area contributed by atoms with Crippen LogP contribution in [-0.2, 0) is 6.18 Å². The van der Waals surface area contributed by atoms with Gasteiger partial charge in [0.15, 0.2) is 0 Å². The summed E-state index contributed by atoms with van der Waals surface area (Å²) in [6, 6.07) is 3.50. The van der Waals surface area contributed by atoms with Gasteiger partial charge in [0.25, 0.3) is 0 Å². The number of halogens is 3. The van der Waals surface area contributed by atoms with Crippen LogP contribution in [0.1, 0.15) is 25.0 Å². The second-order valence-corrected chi connectivity index (χ2v) is 4.29. The first-order valence-corrected chi connectivity index (χ1v) is 4.87. The monoisotopic (exact) mass is 228 g/mol. The Hall–Kier alpha value is -1.45. The third-order valence-electron chi connectivity index (χ3n) is 2.37. The van der Waals surface area contributed by atoms with Crippen molar-refractivity contribution in [1.29, 1.82) is 0 Å². The Morgan fingerprint density at radius 2 is 1.88 bits per heavy atom. The zero-order valence-corrected chi connectivity index (χ0v) is 8.93. The van der Waals surface area contributed by atoms with Crippen LogP contribution < -0.4 is 4.74 Å². The van der Waals surface area contributed by atoms with E-state index in [1.54, 1.807) is 12.2 Å². The van der Waals surface area contributed by atoms with Crippen molar-refractivity contribution in [1.82, 2.24) is 0 Å². The highest BCUT2D eigenvalue weighted by Gasteiger charge is 2.32. The Kier molecular flexibility index (Phi) is 2.26. The second kappa shape index (κ2) is 3.27. The first-order valence-electron chi connectivity index (χ1n) is 4.87. The number of hydrogen-bond acceptors (Lipinski definition) is 1. The molecule has 0 unspecified atom stereocenters. The molecule has 0 aromatic heterocycles. The summed E-state index contributed by atoms with van der Waals surface area (Å²) in [7, 11) is 0. The number of benzene rings is 1. The first-order chi connectivity index (χ1) is 7.28. The van der Waals surface area contributed by atoms with Gasteiger partial charge in [0.05, 0.1) is 5.56 Å². The van der Waals surface area contributed by atoms with Gasteiger partial charge in [0.2, 0.25) is 0 Å². The van der Waals surface area contributed by atoms with Gasteiger partial charge in [-0.05, 0) is 38.1 Å². The van der Waals surface area contributed by atoms with Gasteiger partial charge in [-0.1, -0.05) is 6.08 Å². The van der Waals surface area contributed by atoms with E-state index in [2.05, 4.69) is 0 Å². The molecule has 0 saturated heterocycles. The number of ether oxygens (including phenoxy) is 1. The molecule has 0 N–H and O–H groups in total. The maximum Gasteiger partial charge on any atom is 0.416 e. The molecule has 86 valence electrons. The SMILES string of the molecule is CC1(C)C=Cc2cc(C(F)(F)F)ccc2O1. The minimum absolute atomic E-state index is 0.466. The number of rotatable bonds is 0. The summed E-state index contributed by atoms with van der Waals surface area (Å²) < 4.78 is 42.9. The normalized spacial score (nSPS) is 17.8. The summed E-state index contributed by atoms with van der Waals surface area (Å²) in [6.07, 6.45) is -0.903. The molecule has 0 bridgehead atoms. The summed E-state index contributed by atoms with van der Waals surface area (Å²) in [4.78, 5) is 0. The Morgan fingerprint density at radius 1 is 1.19 bits per heavy atom. The fourth-order valence-corrected chi connectivity index (χ4v) is 1.56. The van der Waals surface area contributed by atoms with E-state index in [9.17, 15) is 13.2 Å². The van der Waals surface area contributed by atoms with Gasteiger partial charge in [0, 0.05) is 5.56 Å². The zero-order valence-electron chi connectivity index (χ0n) is 8.93. The van der Waals surface area contributed by atoms with Crippen LogP contribution in [-0.4, -0.2) is 5.60 Å². The topological polar surface area (TPSA) is 9.23 Å². The minimum Gasteiger partial charge on any atom is -0.483 e. The lowest BCUT2D eigenvalue weighted by Gasteiger charge is -2.28. The lowest BCUT2D eigenvalue weighted by Crippen LogP contribution is -2.27. The van der Waals surface area contributed by atoms with Crippen LogP contribution in [0.4, 0.5) is 13.2 Å². The van der Waals surface area contributed by atoms with Crippen molar-refractivity contribution in [3.05, 3.63) is 35.4 Å². The molecule has 1 aliphatic rings. The minimum atomic E-state index is -4.31. The molecule has 1 nitrogen and oxygen atoms in total. The molecular weight excluding hydrogens is 217 g/mol. The highest BCUT2D eigenvalue weighted by atomic mass is 19.4. The molecule has 1 heterocycles. The van der Waals surface area contributed by atoms with Crippen LogP contribution in [0.3, 0.4) is 0 Å². The highest BCUT2D eigenvalue weighted by molar-refractivity contribution is 5.62. The molecule has 0 fully saturated rings. The van der Waals surface area contributed by atoms with E-state index in [1.807, 2.05) is 13.8 Å². The molecule has 0 spiro atoms. The molecule has 0 aliphatic carbocycles. The summed E-state index contributed by atoms with van der Waals surface area (Å²) in [5, 5.41) is 0. The van der Waals surface area contributed by atoms with Crippen molar-refractivity contribution >= 4 is 6.08 Å². The van der Waals surface area contributed by atoms with Crippen LogP contribution >= 0.6 is 0 Å². The Labute approximate surface area is 91.5 Å². The van der Waals surface area contributed by atoms with E-state index in [0.29, 0.717) is 11.3 Å². The van der Waals surface area contributed by atoms with E-state index in [-0.39, 0.29) is 0 Å². The van der Waals surface area contributed by atoms with Crippen molar-refractivity contribution in [2.24, 2.45) is 0 Å². The maximum atomic E-state index is 12.4. The van der Waals surface area contributed by atoms with Gasteiger partial charge >= 0.3 is 6.18 Å². The summed E-state index contributed by atoms with van der Waals surface area (Å²) in [6.45, 7) is 3.70. The molecule has 1 aromatic rings. The summed E-state index contributed by atoms with van der Waals surface area (Å²) in [5.74, 6) is 0.487. The molecule has 0 amide bonds. The lowest BCUT2D eigenvalue weighted by atomic mass is 10.0. The van der Waals surface area contributed by atoms with Gasteiger partial charge in [0.1, 0.15) is 11.4 Å². The quantitative estimate of drug-likeness (QED) is 0.654. The van der Waals surface area contributed by atoms with E-state index >= 15 is 0 Å². The van der Waals surface area contributed by atoms with Crippen LogP contribution in [0.5, 0.6) is 5.75 Å². The average Bonchev–Trinajstić information content (AvgIpc) is 2.14. The average molecular weight is 228 g/mol. The number of fused-ring (bicyclic) bond motifs is 1. The van der Waals surface area contributed by atoms with Gasteiger partial charge in [-0.2, -0.15) is 13.2 Å². The highest BCUT2D eigenvalue weighted by Crippen LogP contribution is 2.36. The molecule has 0 atom stereocenters. The standard InChI is InChI=1S/C12H11F3O/c1-11(2)6-5-8-7-9(12(13,14)15)3-4-10(8)16-11/h3-7H,1-2H3. The lowest BCUT2D eigenvalue weighted by molar-refractivity contribution is -0.137. The van der Waals surface area contributed by atoms with Crippen molar-refractivity contribution in [2.45, 2.75) is 25.6 Å². The fourth-order valence-electron chi connectivity index (χ4n) is 1.56. The van der Waals surface area contributed by atoms with E-state index < -0.39 is 17.3 Å². The van der Waals surface area contributed by atoms with Crippen molar-refractivity contribution in [3.8, 4) is 5.75 Å². The predicted molar refractivity (Wildman–Crippen MR) is 55.2 cm³/mol. The Balaban J connectivity index is 2.43. The Bertz CT molecular complexity index is 444. The van der Waals surface area contributed by atoms with E-state index in [0.717, 1.165) is 12.1 Å². The first kappa shape index (κ1) is 11.0.